The monoisotopic (exact) mass is 1790 g/mol. The third-order valence-electron chi connectivity index (χ3n) is 29.6. The zero-order valence-electron chi connectivity index (χ0n) is 80.2. The Hall–Kier alpha value is -15.1. The van der Waals surface area contributed by atoms with Crippen molar-refractivity contribution >= 4 is 158 Å². The smallest absolute Gasteiger partial charge is 0.252 e. The molecule has 0 N–H and O–H groups in total. The molecule has 662 valence electrons. The fraction of sp³-hybridized carbons (Fsp3) is 0.123. The molecule has 4 nitrogen and oxygen atoms in total. The number of hydrogen-bond donors (Lipinski definition) is 0. The van der Waals surface area contributed by atoms with Crippen molar-refractivity contribution in [3.63, 3.8) is 0 Å². The minimum atomic E-state index is -3.05. The van der Waals surface area contributed by atoms with Gasteiger partial charge in [0.15, 0.2) is 16.1 Å². The molecular formula is C130H111BN4Si2. The van der Waals surface area contributed by atoms with Gasteiger partial charge < -0.3 is 18.9 Å². The van der Waals surface area contributed by atoms with E-state index in [1.807, 2.05) is 0 Å². The van der Waals surface area contributed by atoms with Crippen molar-refractivity contribution in [2.75, 3.05) is 9.80 Å². The maximum Gasteiger partial charge on any atom is 0.252 e. The molecule has 7 heteroatoms. The first-order chi connectivity index (χ1) is 66.5. The number of benzene rings is 19. The van der Waals surface area contributed by atoms with Gasteiger partial charge in [-0.1, -0.05) is 465 Å². The minimum Gasteiger partial charge on any atom is -0.311 e. The lowest BCUT2D eigenvalue weighted by Gasteiger charge is -2.45. The highest BCUT2D eigenvalue weighted by molar-refractivity contribution is 7.20. The summed E-state index contributed by atoms with van der Waals surface area (Å²) in [5.41, 5.74) is 31.2. The molecule has 0 saturated carbocycles. The van der Waals surface area contributed by atoms with E-state index in [-0.39, 0.29) is 28.4 Å². The topological polar surface area (TPSA) is 16.3 Å². The number of nitrogens with zero attached hydrogens (tertiary/aromatic N) is 4. The molecule has 2 aliphatic heterocycles. The molecule has 0 bridgehead atoms. The molecule has 2 aliphatic rings. The highest BCUT2D eigenvalue weighted by Gasteiger charge is 2.48. The SMILES string of the molecule is CC(C)(C)c1cc(-c2cccc3c4ccccc4n(-c4ccc5c(c4)B4c6cc(-n7c8ccccc8c8cccc(-c9cc(C(C)(C)C)cc(C(C)(C)C)c9)c87)ccc6N(c6ccccc6-c6cccc([Si](c7ccccc7)(c7ccccc7)c7ccccc7)c6)c6cccc(c64)N5c4ccccc4-c4cccc([Si](c5ccccc5)(c5ccccc5)c5ccccc5)c4)c23)cc(C(C)(C)C)c1. The summed E-state index contributed by atoms with van der Waals surface area (Å²) in [5.74, 6) is 0. The van der Waals surface area contributed by atoms with Crippen LogP contribution >= 0.6 is 0 Å². The standard InChI is InChI=1S/C130H111BN4Si2/c1-127(2,3)92-78-90(79-93(84-92)128(4,5)6)108-64-41-66-112-110-62-33-37-70-118(110)132(125(108)112)96-74-76-120-114(86-96)131-115-87-97(133-119-71-38-34-63-111(119)113-67-42-65-109(126(113)133)91-80-94(129(7,8)9)85-95(81-91)130(10,11)12)75-77-121(115)135(117-69-36-32-61-107(117)89-45-40-59-105(83-89)137(101-52-25-16-26-53-101,102-54-27-17-28-55-102)103-56-29-18-30-57-103)123-73-43-72-122(124(123)131)134(120)116-68-35-31-60-106(116)88-44-39-58-104(82-88)136(98-46-19-13-20-47-98,99-48-21-14-22-49-99)100-50-23-15-24-51-100/h13-87H,1-12H3. The van der Waals surface area contributed by atoms with Crippen LogP contribution in [-0.4, -0.2) is 32.0 Å². The minimum absolute atomic E-state index is 0.116. The molecule has 4 heterocycles. The molecule has 0 radical (unpaired) electrons. The third kappa shape index (κ3) is 14.4. The summed E-state index contributed by atoms with van der Waals surface area (Å²) in [5, 5.41) is 15.4. The van der Waals surface area contributed by atoms with Gasteiger partial charge in [-0.2, -0.15) is 0 Å². The maximum absolute atomic E-state index is 3.05. The van der Waals surface area contributed by atoms with Crippen molar-refractivity contribution in [3.05, 3.63) is 477 Å². The Morgan fingerprint density at radius 1 is 0.197 bits per heavy atom. The van der Waals surface area contributed by atoms with Crippen LogP contribution in [0.3, 0.4) is 0 Å². The summed E-state index contributed by atoms with van der Waals surface area (Å²) < 4.78 is 5.24. The van der Waals surface area contributed by atoms with Crippen LogP contribution in [0.1, 0.15) is 105 Å². The van der Waals surface area contributed by atoms with Gasteiger partial charge in [-0.25, -0.2) is 0 Å². The van der Waals surface area contributed by atoms with Crippen molar-refractivity contribution in [2.24, 2.45) is 0 Å². The van der Waals surface area contributed by atoms with Gasteiger partial charge in [0.05, 0.1) is 33.4 Å². The van der Waals surface area contributed by atoms with Gasteiger partial charge in [0.1, 0.15) is 0 Å². The van der Waals surface area contributed by atoms with E-state index in [1.165, 1.54) is 135 Å². The quantitative estimate of drug-likeness (QED) is 0.0708. The molecule has 0 fully saturated rings. The number of rotatable bonds is 16. The Bertz CT molecular complexity index is 7520. The van der Waals surface area contributed by atoms with Crippen LogP contribution in [0, 0.1) is 0 Å². The second kappa shape index (κ2) is 33.5. The van der Waals surface area contributed by atoms with Gasteiger partial charge in [0.25, 0.3) is 6.71 Å². The van der Waals surface area contributed by atoms with E-state index in [0.29, 0.717) is 0 Å². The van der Waals surface area contributed by atoms with Crippen molar-refractivity contribution in [1.29, 1.82) is 0 Å². The number of fused-ring (bicyclic) bond motifs is 10. The van der Waals surface area contributed by atoms with Crippen molar-refractivity contribution in [3.8, 4) is 55.9 Å². The zero-order chi connectivity index (χ0) is 93.4. The summed E-state index contributed by atoms with van der Waals surface area (Å²) in [6.07, 6.45) is 0. The van der Waals surface area contributed by atoms with E-state index >= 15 is 0 Å². The van der Waals surface area contributed by atoms with Crippen LogP contribution in [-0.2, 0) is 21.7 Å². The van der Waals surface area contributed by atoms with Crippen LogP contribution in [0.2, 0.25) is 0 Å². The summed E-state index contributed by atoms with van der Waals surface area (Å²) in [4.78, 5) is 5.33. The summed E-state index contributed by atoms with van der Waals surface area (Å²) >= 11 is 0. The Labute approximate surface area is 809 Å². The maximum atomic E-state index is 2.66. The largest absolute Gasteiger partial charge is 0.311 e. The van der Waals surface area contributed by atoms with Crippen molar-refractivity contribution in [1.82, 2.24) is 9.13 Å². The number of para-hydroxylation sites is 6. The van der Waals surface area contributed by atoms with Gasteiger partial charge >= 0.3 is 0 Å². The van der Waals surface area contributed by atoms with E-state index < -0.39 is 16.1 Å². The lowest BCUT2D eigenvalue weighted by molar-refractivity contribution is 0.568. The molecule has 0 amide bonds. The van der Waals surface area contributed by atoms with Crippen LogP contribution in [0.5, 0.6) is 0 Å². The zero-order valence-corrected chi connectivity index (χ0v) is 82.2. The first kappa shape index (κ1) is 86.0. The first-order valence-electron chi connectivity index (χ1n) is 48.6. The van der Waals surface area contributed by atoms with Crippen molar-refractivity contribution < 1.29 is 0 Å². The molecule has 2 aromatic heterocycles. The predicted octanol–water partition coefficient (Wildman–Crippen LogP) is 26.6. The van der Waals surface area contributed by atoms with Crippen molar-refractivity contribution in [2.45, 2.75) is 105 Å². The van der Waals surface area contributed by atoms with Gasteiger partial charge in [-0.3, -0.25) is 0 Å². The second-order valence-corrected chi connectivity index (χ2v) is 49.5. The highest BCUT2D eigenvalue weighted by atomic mass is 28.3. The molecular weight excluding hydrogens is 1680 g/mol. The Morgan fingerprint density at radius 2 is 0.467 bits per heavy atom. The third-order valence-corrected chi connectivity index (χ3v) is 39.1. The number of anilines is 6. The molecule has 23 rings (SSSR count). The van der Waals surface area contributed by atoms with E-state index in [4.69, 9.17) is 0 Å². The molecule has 0 spiro atoms. The molecule has 137 heavy (non-hydrogen) atoms. The van der Waals surface area contributed by atoms with Gasteiger partial charge in [0.2, 0.25) is 0 Å². The molecule has 0 unspecified atom stereocenters. The lowest BCUT2D eigenvalue weighted by atomic mass is 9.33. The van der Waals surface area contributed by atoms with E-state index in [2.05, 4.69) is 557 Å². The van der Waals surface area contributed by atoms with Crippen LogP contribution in [0.4, 0.5) is 34.1 Å². The van der Waals surface area contributed by atoms with Crippen LogP contribution < -0.4 is 67.7 Å². The number of hydrogen-bond acceptors (Lipinski definition) is 2. The van der Waals surface area contributed by atoms with E-state index in [9.17, 15) is 0 Å². The molecule has 0 saturated heterocycles. The van der Waals surface area contributed by atoms with Crippen LogP contribution in [0.15, 0.2) is 455 Å². The fourth-order valence-electron chi connectivity index (χ4n) is 22.8. The lowest BCUT2D eigenvalue weighted by Crippen LogP contribution is -2.74. The second-order valence-electron chi connectivity index (χ2n) is 41.9. The Morgan fingerprint density at radius 3 is 0.803 bits per heavy atom. The molecule has 21 aromatic rings. The Kier molecular flexibility index (Phi) is 21.0. The average Bonchev–Trinajstić information content (AvgIpc) is 1.46. The van der Waals surface area contributed by atoms with Crippen LogP contribution in [0.25, 0.3) is 99.5 Å². The molecule has 0 aliphatic carbocycles. The first-order valence-corrected chi connectivity index (χ1v) is 52.6. The van der Waals surface area contributed by atoms with Gasteiger partial charge in [-0.15, -0.1) is 0 Å². The highest BCUT2D eigenvalue weighted by Crippen LogP contribution is 2.51. The summed E-state index contributed by atoms with van der Waals surface area (Å²) in [6, 6.07) is 176. The Balaban J connectivity index is 0.825. The fourth-order valence-corrected chi connectivity index (χ4v) is 32.4. The van der Waals surface area contributed by atoms with E-state index in [0.717, 1.165) is 78.8 Å². The van der Waals surface area contributed by atoms with E-state index in [1.54, 1.807) is 0 Å². The van der Waals surface area contributed by atoms with Gasteiger partial charge in [0, 0.05) is 77.9 Å². The van der Waals surface area contributed by atoms with Gasteiger partial charge in [-0.05, 0) is 197 Å². The summed E-state index contributed by atoms with van der Waals surface area (Å²) in [7, 11) is -6.10. The average molecular weight is 1800 g/mol. The molecule has 0 atom stereocenters. The molecule has 19 aromatic carbocycles. The predicted molar refractivity (Wildman–Crippen MR) is 593 cm³/mol. The normalized spacial score (nSPS) is 12.9. The number of aromatic nitrogens is 2. The summed E-state index contributed by atoms with van der Waals surface area (Å²) in [6.45, 7) is 27.9.